The Kier molecular flexibility index (Phi) is 3.86. The number of benzene rings is 2. The number of anilines is 2. The first-order valence-corrected chi connectivity index (χ1v) is 8.84. The van der Waals surface area contributed by atoms with Crippen molar-refractivity contribution < 1.29 is 18.3 Å². The average molecular weight is 377 g/mol. The quantitative estimate of drug-likeness (QED) is 0.521. The summed E-state index contributed by atoms with van der Waals surface area (Å²) in [5.74, 6) is 1.71. The Labute approximate surface area is 160 Å². The van der Waals surface area contributed by atoms with E-state index in [1.165, 1.54) is 0 Å². The third-order valence-electron chi connectivity index (χ3n) is 4.60. The largest absolute Gasteiger partial charge is 0.486 e. The van der Waals surface area contributed by atoms with Gasteiger partial charge in [0.15, 0.2) is 34.7 Å². The van der Waals surface area contributed by atoms with Crippen molar-refractivity contribution in [2.75, 3.05) is 25.2 Å². The Balaban J connectivity index is 1.53. The highest BCUT2D eigenvalue weighted by Crippen LogP contribution is 2.36. The molecule has 0 saturated heterocycles. The molecule has 4 aromatic rings. The third-order valence-corrected chi connectivity index (χ3v) is 4.60. The molecule has 1 aliphatic heterocycles. The molecule has 2 aromatic carbocycles. The molecule has 0 aliphatic carbocycles. The van der Waals surface area contributed by atoms with Gasteiger partial charge in [0, 0.05) is 24.2 Å². The highest BCUT2D eigenvalue weighted by atomic mass is 19.1. The monoisotopic (exact) mass is 377 g/mol. The lowest BCUT2D eigenvalue weighted by molar-refractivity contribution is 0.171. The normalized spacial score (nSPS) is 12.9. The van der Waals surface area contributed by atoms with Gasteiger partial charge in [-0.1, -0.05) is 18.2 Å². The number of hydrogen-bond donors (Lipinski definition) is 0. The molecule has 0 radical (unpaired) electrons. The molecule has 5 rings (SSSR count). The summed E-state index contributed by atoms with van der Waals surface area (Å²) in [5, 5.41) is 0.937. The maximum absolute atomic E-state index is 14.5. The Morgan fingerprint density at radius 1 is 1.00 bits per heavy atom. The number of rotatable bonds is 3. The minimum Gasteiger partial charge on any atom is -0.486 e. The van der Waals surface area contributed by atoms with Crippen LogP contribution < -0.4 is 14.4 Å². The Hall–Kier alpha value is -3.61. The molecular weight excluding hydrogens is 361 g/mol. The van der Waals surface area contributed by atoms with Gasteiger partial charge in [0.05, 0.1) is 6.20 Å². The topological polar surface area (TPSA) is 60.6 Å². The van der Waals surface area contributed by atoms with Gasteiger partial charge < -0.3 is 18.8 Å². The molecule has 7 heteroatoms. The standard InChI is InChI=1S/C21H16FN3O3/c1-25(14-6-7-17-18(11-14)27-9-8-26-17)21-15(22)12-23-20(24-21)19-10-13-4-2-3-5-16(13)28-19/h2-7,10-12H,8-9H2,1H3. The van der Waals surface area contributed by atoms with Gasteiger partial charge in [-0.05, 0) is 24.3 Å². The molecule has 140 valence electrons. The Morgan fingerprint density at radius 3 is 2.68 bits per heavy atom. The molecule has 28 heavy (non-hydrogen) atoms. The molecule has 0 spiro atoms. The van der Waals surface area contributed by atoms with Crippen molar-refractivity contribution in [3.05, 3.63) is 60.5 Å². The summed E-state index contributed by atoms with van der Waals surface area (Å²) in [6.45, 7) is 1.00. The number of para-hydroxylation sites is 1. The third kappa shape index (κ3) is 2.81. The van der Waals surface area contributed by atoms with Crippen molar-refractivity contribution in [1.29, 1.82) is 0 Å². The lowest BCUT2D eigenvalue weighted by Crippen LogP contribution is -2.17. The molecule has 0 fully saturated rings. The van der Waals surface area contributed by atoms with Crippen LogP contribution in [-0.4, -0.2) is 30.2 Å². The second-order valence-electron chi connectivity index (χ2n) is 6.40. The maximum Gasteiger partial charge on any atom is 0.197 e. The zero-order valence-electron chi connectivity index (χ0n) is 15.1. The van der Waals surface area contributed by atoms with Crippen LogP contribution in [0.2, 0.25) is 0 Å². The fourth-order valence-corrected chi connectivity index (χ4v) is 3.17. The molecule has 0 unspecified atom stereocenters. The summed E-state index contributed by atoms with van der Waals surface area (Å²) < 4.78 is 31.5. The van der Waals surface area contributed by atoms with E-state index in [0.29, 0.717) is 36.3 Å². The predicted octanol–water partition coefficient (Wildman–Crippen LogP) is 4.57. The zero-order chi connectivity index (χ0) is 19.1. The van der Waals surface area contributed by atoms with Gasteiger partial charge in [-0.15, -0.1) is 0 Å². The van der Waals surface area contributed by atoms with E-state index in [-0.39, 0.29) is 5.82 Å². The Bertz CT molecular complexity index is 1140. The minimum atomic E-state index is -0.530. The Morgan fingerprint density at radius 2 is 1.82 bits per heavy atom. The van der Waals surface area contributed by atoms with E-state index in [2.05, 4.69) is 9.97 Å². The van der Waals surface area contributed by atoms with Crippen LogP contribution >= 0.6 is 0 Å². The molecule has 3 heterocycles. The fraction of sp³-hybridized carbons (Fsp3) is 0.143. The molecule has 0 saturated carbocycles. The van der Waals surface area contributed by atoms with E-state index < -0.39 is 5.82 Å². The second-order valence-corrected chi connectivity index (χ2v) is 6.40. The first kappa shape index (κ1) is 16.6. The number of furan rings is 1. The molecule has 6 nitrogen and oxygen atoms in total. The van der Waals surface area contributed by atoms with Crippen LogP contribution in [0.1, 0.15) is 0 Å². The maximum atomic E-state index is 14.5. The van der Waals surface area contributed by atoms with Gasteiger partial charge in [-0.3, -0.25) is 0 Å². The van der Waals surface area contributed by atoms with Crippen LogP contribution in [0.5, 0.6) is 11.5 Å². The van der Waals surface area contributed by atoms with Crippen LogP contribution in [-0.2, 0) is 0 Å². The van der Waals surface area contributed by atoms with E-state index in [1.807, 2.05) is 36.4 Å². The number of fused-ring (bicyclic) bond motifs is 2. The summed E-state index contributed by atoms with van der Waals surface area (Å²) >= 11 is 0. The first-order chi connectivity index (χ1) is 13.7. The first-order valence-electron chi connectivity index (χ1n) is 8.84. The average Bonchev–Trinajstić information content (AvgIpc) is 3.17. The van der Waals surface area contributed by atoms with Crippen LogP contribution in [0.4, 0.5) is 15.9 Å². The summed E-state index contributed by atoms with van der Waals surface area (Å²) in [6.07, 6.45) is 1.15. The van der Waals surface area contributed by atoms with E-state index in [9.17, 15) is 4.39 Å². The van der Waals surface area contributed by atoms with Gasteiger partial charge in [0.25, 0.3) is 0 Å². The number of ether oxygens (including phenoxy) is 2. The van der Waals surface area contributed by atoms with Crippen LogP contribution in [0.3, 0.4) is 0 Å². The van der Waals surface area contributed by atoms with Gasteiger partial charge in [0.1, 0.15) is 18.8 Å². The SMILES string of the molecule is CN(c1ccc2c(c1)OCCO2)c1nc(-c2cc3ccccc3o2)ncc1F. The van der Waals surface area contributed by atoms with E-state index in [1.54, 1.807) is 24.1 Å². The molecule has 1 aliphatic rings. The zero-order valence-corrected chi connectivity index (χ0v) is 15.1. The van der Waals surface area contributed by atoms with Crippen molar-refractivity contribution in [3.8, 4) is 23.1 Å². The summed E-state index contributed by atoms with van der Waals surface area (Å²) in [7, 11) is 1.74. The molecule has 0 bridgehead atoms. The highest BCUT2D eigenvalue weighted by Gasteiger charge is 2.19. The number of halogens is 1. The van der Waals surface area contributed by atoms with Crippen molar-refractivity contribution in [3.63, 3.8) is 0 Å². The van der Waals surface area contributed by atoms with E-state index >= 15 is 0 Å². The molecule has 0 atom stereocenters. The van der Waals surface area contributed by atoms with Crippen molar-refractivity contribution >= 4 is 22.5 Å². The van der Waals surface area contributed by atoms with E-state index in [0.717, 1.165) is 22.9 Å². The number of nitrogens with zero attached hydrogens (tertiary/aromatic N) is 3. The second kappa shape index (κ2) is 6.53. The van der Waals surface area contributed by atoms with Gasteiger partial charge >= 0.3 is 0 Å². The summed E-state index contributed by atoms with van der Waals surface area (Å²) in [4.78, 5) is 10.1. The van der Waals surface area contributed by atoms with Crippen LogP contribution in [0, 0.1) is 5.82 Å². The predicted molar refractivity (Wildman–Crippen MR) is 103 cm³/mol. The molecule has 2 aromatic heterocycles. The molecule has 0 N–H and O–H groups in total. The number of hydrogen-bond acceptors (Lipinski definition) is 6. The van der Waals surface area contributed by atoms with Crippen molar-refractivity contribution in [2.24, 2.45) is 0 Å². The molecular formula is C21H16FN3O3. The highest BCUT2D eigenvalue weighted by molar-refractivity contribution is 5.81. The lowest BCUT2D eigenvalue weighted by Gasteiger charge is -2.23. The number of aromatic nitrogens is 2. The lowest BCUT2D eigenvalue weighted by atomic mass is 10.2. The van der Waals surface area contributed by atoms with Crippen LogP contribution in [0.15, 0.2) is 59.1 Å². The molecule has 0 amide bonds. The smallest absolute Gasteiger partial charge is 0.197 e. The van der Waals surface area contributed by atoms with Crippen LogP contribution in [0.25, 0.3) is 22.6 Å². The fourth-order valence-electron chi connectivity index (χ4n) is 3.17. The van der Waals surface area contributed by atoms with Crippen molar-refractivity contribution in [1.82, 2.24) is 9.97 Å². The van der Waals surface area contributed by atoms with Gasteiger partial charge in [0.2, 0.25) is 0 Å². The summed E-state index contributed by atoms with van der Waals surface area (Å²) in [5.41, 5.74) is 1.45. The van der Waals surface area contributed by atoms with E-state index in [4.69, 9.17) is 13.9 Å². The van der Waals surface area contributed by atoms with Crippen molar-refractivity contribution in [2.45, 2.75) is 0 Å². The minimum absolute atomic E-state index is 0.141. The van der Waals surface area contributed by atoms with Gasteiger partial charge in [-0.2, -0.15) is 0 Å². The summed E-state index contributed by atoms with van der Waals surface area (Å²) in [6, 6.07) is 14.9. The van der Waals surface area contributed by atoms with Gasteiger partial charge in [-0.25, -0.2) is 14.4 Å².